The molecule has 1 rings (SSSR count). The quantitative estimate of drug-likeness (QED) is 0.731. The lowest BCUT2D eigenvalue weighted by Gasteiger charge is -2.09. The van der Waals surface area contributed by atoms with E-state index < -0.39 is 12.4 Å². The van der Waals surface area contributed by atoms with Gasteiger partial charge >= 0.3 is 5.97 Å². The highest BCUT2D eigenvalue weighted by atomic mass is 16.4. The number of carboxylic acid groups (broad SMARTS) is 1. The number of rotatable bonds is 6. The van der Waals surface area contributed by atoms with Crippen LogP contribution in [0.3, 0.4) is 0 Å². The minimum absolute atomic E-state index is 0.00755. The van der Waals surface area contributed by atoms with Crippen molar-refractivity contribution in [3.63, 3.8) is 0 Å². The second-order valence-electron chi connectivity index (χ2n) is 3.43. The first-order valence-corrected chi connectivity index (χ1v) is 4.90. The molecule has 0 aromatic carbocycles. The highest BCUT2D eigenvalue weighted by Crippen LogP contribution is 2.24. The Morgan fingerprint density at radius 1 is 1.53 bits per heavy atom. The van der Waals surface area contributed by atoms with Crippen LogP contribution in [0.5, 0.6) is 0 Å². The topological polar surface area (TPSA) is 67.5 Å². The highest BCUT2D eigenvalue weighted by Gasteiger charge is 2.18. The Labute approximate surface area is 87.9 Å². The van der Waals surface area contributed by atoms with E-state index in [0.717, 1.165) is 12.2 Å². The van der Waals surface area contributed by atoms with Crippen LogP contribution in [-0.2, 0) is 9.59 Å². The van der Waals surface area contributed by atoms with Crippen molar-refractivity contribution >= 4 is 11.8 Å². The molecule has 0 spiro atoms. The lowest BCUT2D eigenvalue weighted by atomic mass is 9.96. The fourth-order valence-corrected chi connectivity index (χ4v) is 1.49. The number of carbonyl (C=O) groups is 2. The summed E-state index contributed by atoms with van der Waals surface area (Å²) in [5.74, 6) is -0.594. The molecule has 1 aromatic heterocycles. The normalized spacial score (nSPS) is 12.3. The van der Waals surface area contributed by atoms with Crippen LogP contribution in [0.15, 0.2) is 22.8 Å². The Morgan fingerprint density at radius 2 is 2.27 bits per heavy atom. The van der Waals surface area contributed by atoms with Gasteiger partial charge in [-0.25, -0.2) is 0 Å². The van der Waals surface area contributed by atoms with Gasteiger partial charge in [-0.2, -0.15) is 0 Å². The zero-order chi connectivity index (χ0) is 11.3. The van der Waals surface area contributed by atoms with Crippen molar-refractivity contribution in [2.24, 2.45) is 0 Å². The summed E-state index contributed by atoms with van der Waals surface area (Å²) in [6.07, 6.45) is 2.14. The molecule has 4 nitrogen and oxygen atoms in total. The van der Waals surface area contributed by atoms with E-state index >= 15 is 0 Å². The molecule has 0 radical (unpaired) electrons. The summed E-state index contributed by atoms with van der Waals surface area (Å²) in [7, 11) is 0. The third-order valence-electron chi connectivity index (χ3n) is 2.26. The highest BCUT2D eigenvalue weighted by molar-refractivity contribution is 5.94. The second-order valence-corrected chi connectivity index (χ2v) is 3.43. The lowest BCUT2D eigenvalue weighted by molar-refractivity contribution is -0.140. The number of carbonyl (C=O) groups excluding carboxylic acids is 1. The maximum atomic E-state index is 11.3. The number of carboxylic acids is 1. The standard InChI is InChI=1S/C11H14O4/c1-2-8(10-4-3-5-15-10)6-9(12)7-11(13)14/h3-5,8H,2,6-7H2,1H3,(H,13,14). The molecule has 0 aliphatic heterocycles. The fourth-order valence-electron chi connectivity index (χ4n) is 1.49. The van der Waals surface area contributed by atoms with Crippen molar-refractivity contribution in [2.75, 3.05) is 0 Å². The van der Waals surface area contributed by atoms with Crippen LogP contribution in [-0.4, -0.2) is 16.9 Å². The molecule has 0 aliphatic rings. The molecule has 4 heteroatoms. The minimum Gasteiger partial charge on any atom is -0.481 e. The molecule has 0 amide bonds. The third kappa shape index (κ3) is 3.58. The molecule has 0 aliphatic carbocycles. The second kappa shape index (κ2) is 5.34. The van der Waals surface area contributed by atoms with Gasteiger partial charge in [0.15, 0.2) is 0 Å². The van der Waals surface area contributed by atoms with E-state index in [4.69, 9.17) is 9.52 Å². The van der Waals surface area contributed by atoms with Gasteiger partial charge < -0.3 is 9.52 Å². The van der Waals surface area contributed by atoms with Gasteiger partial charge in [0.25, 0.3) is 0 Å². The number of hydrogen-bond acceptors (Lipinski definition) is 3. The van der Waals surface area contributed by atoms with E-state index in [-0.39, 0.29) is 18.1 Å². The first-order chi connectivity index (χ1) is 7.13. The largest absolute Gasteiger partial charge is 0.481 e. The Morgan fingerprint density at radius 3 is 2.73 bits per heavy atom. The van der Waals surface area contributed by atoms with Crippen LogP contribution in [0.1, 0.15) is 37.9 Å². The average molecular weight is 210 g/mol. The molecule has 1 unspecified atom stereocenters. The smallest absolute Gasteiger partial charge is 0.310 e. The number of hydrogen-bond donors (Lipinski definition) is 1. The molecule has 0 saturated carbocycles. The van der Waals surface area contributed by atoms with Gasteiger partial charge in [-0.3, -0.25) is 9.59 Å². The van der Waals surface area contributed by atoms with Crippen molar-refractivity contribution in [1.29, 1.82) is 0 Å². The first-order valence-electron chi connectivity index (χ1n) is 4.90. The van der Waals surface area contributed by atoms with Gasteiger partial charge in [0.05, 0.1) is 6.26 Å². The molecule has 1 atom stereocenters. The van der Waals surface area contributed by atoms with E-state index in [0.29, 0.717) is 0 Å². The summed E-state index contributed by atoms with van der Waals surface area (Å²) in [6, 6.07) is 3.57. The molecule has 1 aromatic rings. The summed E-state index contributed by atoms with van der Waals surface area (Å²) in [5.41, 5.74) is 0. The molecular weight excluding hydrogens is 196 g/mol. The summed E-state index contributed by atoms with van der Waals surface area (Å²) >= 11 is 0. The zero-order valence-electron chi connectivity index (χ0n) is 8.60. The van der Waals surface area contributed by atoms with Gasteiger partial charge in [0, 0.05) is 12.3 Å². The fraction of sp³-hybridized carbons (Fsp3) is 0.455. The van der Waals surface area contributed by atoms with Gasteiger partial charge in [0.1, 0.15) is 18.0 Å². The molecular formula is C11H14O4. The molecule has 0 bridgehead atoms. The monoisotopic (exact) mass is 210 g/mol. The van der Waals surface area contributed by atoms with Crippen molar-refractivity contribution in [3.8, 4) is 0 Å². The molecule has 0 saturated heterocycles. The van der Waals surface area contributed by atoms with E-state index in [9.17, 15) is 9.59 Å². The third-order valence-corrected chi connectivity index (χ3v) is 2.26. The van der Waals surface area contributed by atoms with Crippen molar-refractivity contribution in [3.05, 3.63) is 24.2 Å². The predicted octanol–water partition coefficient (Wildman–Crippen LogP) is 2.21. The van der Waals surface area contributed by atoms with Crippen molar-refractivity contribution in [2.45, 2.75) is 32.1 Å². The summed E-state index contributed by atoms with van der Waals surface area (Å²) < 4.78 is 5.19. The molecule has 82 valence electrons. The van der Waals surface area contributed by atoms with Crippen molar-refractivity contribution < 1.29 is 19.1 Å². The first kappa shape index (κ1) is 11.5. The Bertz CT molecular complexity index is 326. The van der Waals surface area contributed by atoms with E-state index in [1.807, 2.05) is 13.0 Å². The van der Waals surface area contributed by atoms with E-state index in [2.05, 4.69) is 0 Å². The maximum absolute atomic E-state index is 11.3. The van der Waals surface area contributed by atoms with Crippen LogP contribution in [0.2, 0.25) is 0 Å². The van der Waals surface area contributed by atoms with Gasteiger partial charge in [0.2, 0.25) is 0 Å². The molecule has 15 heavy (non-hydrogen) atoms. The number of ketones is 1. The Hall–Kier alpha value is -1.58. The summed E-state index contributed by atoms with van der Waals surface area (Å²) in [6.45, 7) is 1.95. The summed E-state index contributed by atoms with van der Waals surface area (Å²) in [5, 5.41) is 8.46. The maximum Gasteiger partial charge on any atom is 0.310 e. The van der Waals surface area contributed by atoms with Crippen LogP contribution < -0.4 is 0 Å². The SMILES string of the molecule is CCC(CC(=O)CC(=O)O)c1ccco1. The van der Waals surface area contributed by atoms with Crippen LogP contribution in [0.25, 0.3) is 0 Å². The Kier molecular flexibility index (Phi) is 4.09. The summed E-state index contributed by atoms with van der Waals surface area (Å²) in [4.78, 5) is 21.6. The lowest BCUT2D eigenvalue weighted by Crippen LogP contribution is -2.10. The van der Waals surface area contributed by atoms with Gasteiger partial charge in [-0.15, -0.1) is 0 Å². The molecule has 1 N–H and O–H groups in total. The number of aliphatic carboxylic acids is 1. The van der Waals surface area contributed by atoms with E-state index in [1.54, 1.807) is 12.3 Å². The Balaban J connectivity index is 2.54. The minimum atomic E-state index is -1.07. The van der Waals surface area contributed by atoms with Crippen LogP contribution in [0, 0.1) is 0 Å². The van der Waals surface area contributed by atoms with Gasteiger partial charge in [-0.05, 0) is 18.6 Å². The zero-order valence-corrected chi connectivity index (χ0v) is 8.60. The average Bonchev–Trinajstić information content (AvgIpc) is 2.65. The van der Waals surface area contributed by atoms with E-state index in [1.165, 1.54) is 0 Å². The van der Waals surface area contributed by atoms with Crippen molar-refractivity contribution in [1.82, 2.24) is 0 Å². The molecule has 0 fully saturated rings. The van der Waals surface area contributed by atoms with Crippen LogP contribution in [0.4, 0.5) is 0 Å². The molecule has 1 heterocycles. The number of furan rings is 1. The van der Waals surface area contributed by atoms with Crippen LogP contribution >= 0.6 is 0 Å². The van der Waals surface area contributed by atoms with Gasteiger partial charge in [-0.1, -0.05) is 6.92 Å². The number of Topliss-reactive ketones (excluding diaryl/α,β-unsaturated/α-hetero) is 1. The predicted molar refractivity (Wildman–Crippen MR) is 53.6 cm³/mol.